The number of nitrogens with zero attached hydrogens (tertiary/aromatic N) is 5. The normalized spacial score (nSPS) is 15.1. The van der Waals surface area contributed by atoms with E-state index in [0.29, 0.717) is 5.95 Å². The molecule has 7 heteroatoms. The topological polar surface area (TPSA) is 66.4 Å². The lowest BCUT2D eigenvalue weighted by molar-refractivity contribution is 0.122. The molecule has 1 aromatic heterocycles. The Kier molecular flexibility index (Phi) is 5.98. The summed E-state index contributed by atoms with van der Waals surface area (Å²) in [5.41, 5.74) is 0. The maximum atomic E-state index is 5.39. The summed E-state index contributed by atoms with van der Waals surface area (Å²) in [6.07, 6.45) is 2.15. The minimum Gasteiger partial charge on any atom is -0.378 e. The van der Waals surface area contributed by atoms with Gasteiger partial charge in [-0.3, -0.25) is 0 Å². The van der Waals surface area contributed by atoms with Crippen LogP contribution in [0.1, 0.15) is 26.7 Å². The SMILES string of the molecule is CCCN(CCC)c1nc(NC)nc(N2CCOCC2)n1. The molecule has 118 valence electrons. The average molecular weight is 294 g/mol. The Bertz CT molecular complexity index is 429. The molecule has 1 N–H and O–H groups in total. The average Bonchev–Trinajstić information content (AvgIpc) is 2.55. The van der Waals surface area contributed by atoms with Gasteiger partial charge >= 0.3 is 0 Å². The second-order valence-corrected chi connectivity index (χ2v) is 5.10. The Hall–Kier alpha value is -1.63. The zero-order valence-electron chi connectivity index (χ0n) is 13.3. The fourth-order valence-electron chi connectivity index (χ4n) is 2.36. The lowest BCUT2D eigenvalue weighted by Crippen LogP contribution is -2.38. The van der Waals surface area contributed by atoms with Crippen molar-refractivity contribution in [1.29, 1.82) is 0 Å². The summed E-state index contributed by atoms with van der Waals surface area (Å²) in [4.78, 5) is 18.1. The van der Waals surface area contributed by atoms with Crippen molar-refractivity contribution in [2.45, 2.75) is 26.7 Å². The van der Waals surface area contributed by atoms with Crippen molar-refractivity contribution >= 4 is 17.8 Å². The fourth-order valence-corrected chi connectivity index (χ4v) is 2.36. The number of nitrogens with one attached hydrogen (secondary N) is 1. The zero-order chi connectivity index (χ0) is 15.1. The van der Waals surface area contributed by atoms with Gasteiger partial charge in [0.15, 0.2) is 0 Å². The van der Waals surface area contributed by atoms with Gasteiger partial charge in [0.25, 0.3) is 0 Å². The first-order chi connectivity index (χ1) is 10.3. The third-order valence-electron chi connectivity index (χ3n) is 3.40. The van der Waals surface area contributed by atoms with E-state index < -0.39 is 0 Å². The molecule has 2 heterocycles. The zero-order valence-corrected chi connectivity index (χ0v) is 13.3. The first kappa shape index (κ1) is 15.8. The number of hydrogen-bond acceptors (Lipinski definition) is 7. The predicted octanol–water partition coefficient (Wildman–Crippen LogP) is 1.38. The monoisotopic (exact) mass is 294 g/mol. The van der Waals surface area contributed by atoms with Gasteiger partial charge in [0.05, 0.1) is 13.2 Å². The Labute approximate surface area is 126 Å². The molecule has 0 saturated carbocycles. The number of ether oxygens (including phenoxy) is 1. The molecule has 7 nitrogen and oxygen atoms in total. The summed E-state index contributed by atoms with van der Waals surface area (Å²) < 4.78 is 5.39. The molecule has 0 atom stereocenters. The minimum atomic E-state index is 0.624. The summed E-state index contributed by atoms with van der Waals surface area (Å²) in [7, 11) is 1.84. The van der Waals surface area contributed by atoms with Crippen LogP contribution in [0.3, 0.4) is 0 Å². The maximum absolute atomic E-state index is 5.39. The van der Waals surface area contributed by atoms with E-state index in [1.54, 1.807) is 0 Å². The van der Waals surface area contributed by atoms with E-state index in [1.807, 2.05) is 7.05 Å². The molecule has 2 rings (SSSR count). The van der Waals surface area contributed by atoms with Gasteiger partial charge in [-0.1, -0.05) is 13.8 Å². The van der Waals surface area contributed by atoms with Crippen molar-refractivity contribution in [3.05, 3.63) is 0 Å². The number of anilines is 3. The molecule has 0 unspecified atom stereocenters. The molecule has 0 bridgehead atoms. The molecule has 21 heavy (non-hydrogen) atoms. The molecule has 0 amide bonds. The summed E-state index contributed by atoms with van der Waals surface area (Å²) >= 11 is 0. The van der Waals surface area contributed by atoms with E-state index in [9.17, 15) is 0 Å². The molecule has 1 aliphatic heterocycles. The first-order valence-electron chi connectivity index (χ1n) is 7.80. The molecule has 1 saturated heterocycles. The van der Waals surface area contributed by atoms with Crippen molar-refractivity contribution in [2.24, 2.45) is 0 Å². The first-order valence-corrected chi connectivity index (χ1v) is 7.80. The molecular formula is C14H26N6O. The second kappa shape index (κ2) is 7.97. The molecule has 0 radical (unpaired) electrons. The molecule has 0 spiro atoms. The third-order valence-corrected chi connectivity index (χ3v) is 3.40. The van der Waals surface area contributed by atoms with Gasteiger partial charge in [-0.05, 0) is 12.8 Å². The van der Waals surface area contributed by atoms with E-state index in [0.717, 1.165) is 64.1 Å². The third kappa shape index (κ3) is 4.17. The highest BCUT2D eigenvalue weighted by Crippen LogP contribution is 2.18. The molecule has 1 fully saturated rings. The fraction of sp³-hybridized carbons (Fsp3) is 0.786. The lowest BCUT2D eigenvalue weighted by Gasteiger charge is -2.28. The van der Waals surface area contributed by atoms with Crippen LogP contribution in [-0.2, 0) is 4.74 Å². The number of aromatic nitrogens is 3. The van der Waals surface area contributed by atoms with Crippen LogP contribution >= 0.6 is 0 Å². The summed E-state index contributed by atoms with van der Waals surface area (Å²) in [5.74, 6) is 2.13. The Morgan fingerprint density at radius 1 is 1.10 bits per heavy atom. The Morgan fingerprint density at radius 2 is 1.76 bits per heavy atom. The van der Waals surface area contributed by atoms with Crippen molar-refractivity contribution in [3.63, 3.8) is 0 Å². The quantitative estimate of drug-likeness (QED) is 0.814. The van der Waals surface area contributed by atoms with Gasteiger partial charge < -0.3 is 19.9 Å². The van der Waals surface area contributed by atoms with Crippen LogP contribution in [0.5, 0.6) is 0 Å². The maximum Gasteiger partial charge on any atom is 0.232 e. The standard InChI is InChI=1S/C14H26N6O/c1-4-6-19(7-5-2)13-16-12(15-3)17-14(18-13)20-8-10-21-11-9-20/h4-11H2,1-3H3,(H,15,16,17,18). The highest BCUT2D eigenvalue weighted by Gasteiger charge is 2.18. The van der Waals surface area contributed by atoms with Crippen molar-refractivity contribution < 1.29 is 4.74 Å². The number of rotatable bonds is 7. The number of morpholine rings is 1. The summed E-state index contributed by atoms with van der Waals surface area (Å²) in [6, 6.07) is 0. The largest absolute Gasteiger partial charge is 0.378 e. The van der Waals surface area contributed by atoms with Gasteiger partial charge in [0.1, 0.15) is 0 Å². The molecular weight excluding hydrogens is 268 g/mol. The highest BCUT2D eigenvalue weighted by atomic mass is 16.5. The number of hydrogen-bond donors (Lipinski definition) is 1. The van der Waals surface area contributed by atoms with Crippen LogP contribution in [0.2, 0.25) is 0 Å². The highest BCUT2D eigenvalue weighted by molar-refractivity contribution is 5.45. The lowest BCUT2D eigenvalue weighted by atomic mass is 10.4. The van der Waals surface area contributed by atoms with Crippen LogP contribution in [0.15, 0.2) is 0 Å². The molecule has 0 aliphatic carbocycles. The van der Waals surface area contributed by atoms with E-state index in [2.05, 4.69) is 43.9 Å². The van der Waals surface area contributed by atoms with Crippen molar-refractivity contribution in [1.82, 2.24) is 15.0 Å². The van der Waals surface area contributed by atoms with Crippen LogP contribution in [0.25, 0.3) is 0 Å². The summed E-state index contributed by atoms with van der Waals surface area (Å²) in [6.45, 7) is 9.37. The smallest absolute Gasteiger partial charge is 0.232 e. The molecule has 1 aliphatic rings. The van der Waals surface area contributed by atoms with Gasteiger partial charge in [-0.25, -0.2) is 0 Å². The van der Waals surface area contributed by atoms with Gasteiger partial charge in [-0.15, -0.1) is 0 Å². The Balaban J connectivity index is 2.26. The van der Waals surface area contributed by atoms with Gasteiger partial charge in [-0.2, -0.15) is 15.0 Å². The molecule has 1 aromatic rings. The van der Waals surface area contributed by atoms with E-state index in [1.165, 1.54) is 0 Å². The predicted molar refractivity (Wildman–Crippen MR) is 85.2 cm³/mol. The van der Waals surface area contributed by atoms with Crippen LogP contribution in [0.4, 0.5) is 17.8 Å². The van der Waals surface area contributed by atoms with E-state index >= 15 is 0 Å². The molecule has 0 aromatic carbocycles. The van der Waals surface area contributed by atoms with Crippen LogP contribution in [-0.4, -0.2) is 61.4 Å². The minimum absolute atomic E-state index is 0.624. The van der Waals surface area contributed by atoms with Crippen LogP contribution < -0.4 is 15.1 Å². The van der Waals surface area contributed by atoms with E-state index in [-0.39, 0.29) is 0 Å². The van der Waals surface area contributed by atoms with E-state index in [4.69, 9.17) is 4.74 Å². The van der Waals surface area contributed by atoms with Gasteiger partial charge in [0.2, 0.25) is 17.8 Å². The van der Waals surface area contributed by atoms with Crippen LogP contribution in [0, 0.1) is 0 Å². The summed E-state index contributed by atoms with van der Waals surface area (Å²) in [5, 5.41) is 3.04. The van der Waals surface area contributed by atoms with Crippen molar-refractivity contribution in [3.8, 4) is 0 Å². The Morgan fingerprint density at radius 3 is 2.33 bits per heavy atom. The van der Waals surface area contributed by atoms with Crippen molar-refractivity contribution in [2.75, 3.05) is 61.6 Å². The van der Waals surface area contributed by atoms with Gasteiger partial charge in [0, 0.05) is 33.2 Å². The second-order valence-electron chi connectivity index (χ2n) is 5.10.